The van der Waals surface area contributed by atoms with Crippen molar-refractivity contribution in [3.05, 3.63) is 11.6 Å². The Bertz CT molecular complexity index is 508. The van der Waals surface area contributed by atoms with Crippen LogP contribution in [0.5, 0.6) is 0 Å². The molecule has 0 saturated heterocycles. The van der Waals surface area contributed by atoms with Crippen molar-refractivity contribution >= 4 is 12.6 Å². The minimum Gasteiger partial charge on any atom is -0.303 e. The normalized spacial score (nSPS) is 47.9. The molecule has 3 rings (SSSR count). The summed E-state index contributed by atoms with van der Waals surface area (Å²) < 4.78 is 0. The largest absolute Gasteiger partial charge is 0.303 e. The average Bonchev–Trinajstić information content (AvgIpc) is 2.87. The first-order valence-corrected chi connectivity index (χ1v) is 9.61. The third kappa shape index (κ3) is 2.44. The number of hydrogen-bond acceptors (Lipinski definition) is 2. The zero-order valence-electron chi connectivity index (χ0n) is 15.0. The molecule has 3 saturated carbocycles. The lowest BCUT2D eigenvalue weighted by Crippen LogP contribution is -2.49. The van der Waals surface area contributed by atoms with Gasteiger partial charge in [-0.3, -0.25) is 4.79 Å². The van der Waals surface area contributed by atoms with Gasteiger partial charge in [-0.2, -0.15) is 0 Å². The SMILES string of the molecule is CCCC1(C)/C(=C\C=O)CCC2C1CCC1(C)C(C=O)CCC21. The average molecular weight is 316 g/mol. The monoisotopic (exact) mass is 316 g/mol. The third-order valence-electron chi connectivity index (χ3n) is 8.01. The van der Waals surface area contributed by atoms with Gasteiger partial charge in [-0.1, -0.05) is 32.8 Å². The Balaban J connectivity index is 1.94. The fourth-order valence-corrected chi connectivity index (χ4v) is 6.81. The van der Waals surface area contributed by atoms with Crippen LogP contribution in [0.4, 0.5) is 0 Å². The number of carbonyl (C=O) groups excluding carboxylic acids is 2. The molecule has 0 N–H and O–H groups in total. The van der Waals surface area contributed by atoms with Crippen LogP contribution in [-0.4, -0.2) is 12.6 Å². The van der Waals surface area contributed by atoms with E-state index in [2.05, 4.69) is 20.8 Å². The Hall–Kier alpha value is -0.920. The number of hydrogen-bond donors (Lipinski definition) is 0. The molecular formula is C21H32O2. The molecule has 0 aromatic carbocycles. The number of carbonyl (C=O) groups is 2. The molecule has 0 aromatic heterocycles. The van der Waals surface area contributed by atoms with Gasteiger partial charge in [0, 0.05) is 5.92 Å². The molecule has 3 fully saturated rings. The van der Waals surface area contributed by atoms with Gasteiger partial charge < -0.3 is 4.79 Å². The highest BCUT2D eigenvalue weighted by Gasteiger charge is 2.58. The second-order valence-corrected chi connectivity index (χ2v) is 8.78. The molecule has 0 amide bonds. The first-order valence-electron chi connectivity index (χ1n) is 9.61. The van der Waals surface area contributed by atoms with Crippen molar-refractivity contribution in [2.45, 2.75) is 72.1 Å². The maximum absolute atomic E-state index is 11.5. The summed E-state index contributed by atoms with van der Waals surface area (Å²) in [6, 6.07) is 0. The van der Waals surface area contributed by atoms with Gasteiger partial charge in [-0.05, 0) is 79.6 Å². The van der Waals surface area contributed by atoms with Gasteiger partial charge in [0.2, 0.25) is 0 Å². The molecule has 0 spiro atoms. The minimum atomic E-state index is 0.194. The van der Waals surface area contributed by atoms with Crippen molar-refractivity contribution < 1.29 is 9.59 Å². The lowest BCUT2D eigenvalue weighted by atomic mass is 9.47. The summed E-state index contributed by atoms with van der Waals surface area (Å²) in [5.41, 5.74) is 1.82. The van der Waals surface area contributed by atoms with Gasteiger partial charge in [-0.25, -0.2) is 0 Å². The number of rotatable bonds is 4. The smallest absolute Gasteiger partial charge is 0.142 e. The van der Waals surface area contributed by atoms with E-state index in [1.165, 1.54) is 50.4 Å². The Morgan fingerprint density at radius 2 is 1.87 bits per heavy atom. The van der Waals surface area contributed by atoms with Crippen molar-refractivity contribution in [2.24, 2.45) is 34.5 Å². The highest BCUT2D eigenvalue weighted by molar-refractivity contribution is 5.66. The molecule has 0 aliphatic heterocycles. The molecule has 2 nitrogen and oxygen atoms in total. The van der Waals surface area contributed by atoms with Crippen molar-refractivity contribution in [2.75, 3.05) is 0 Å². The van der Waals surface area contributed by atoms with Crippen molar-refractivity contribution in [1.29, 1.82) is 0 Å². The third-order valence-corrected chi connectivity index (χ3v) is 8.01. The highest BCUT2D eigenvalue weighted by Crippen LogP contribution is 2.65. The molecule has 6 unspecified atom stereocenters. The summed E-state index contributed by atoms with van der Waals surface area (Å²) in [6.07, 6.45) is 13.5. The van der Waals surface area contributed by atoms with Crippen LogP contribution in [0.25, 0.3) is 0 Å². The van der Waals surface area contributed by atoms with E-state index in [0.29, 0.717) is 11.8 Å². The van der Waals surface area contributed by atoms with Crippen LogP contribution in [0.3, 0.4) is 0 Å². The van der Waals surface area contributed by atoms with Gasteiger partial charge in [0.15, 0.2) is 0 Å². The molecule has 2 heteroatoms. The fourth-order valence-electron chi connectivity index (χ4n) is 6.81. The molecule has 0 radical (unpaired) electrons. The summed E-state index contributed by atoms with van der Waals surface area (Å²) >= 11 is 0. The highest BCUT2D eigenvalue weighted by atomic mass is 16.1. The van der Waals surface area contributed by atoms with Gasteiger partial charge in [-0.15, -0.1) is 0 Å². The molecular weight excluding hydrogens is 284 g/mol. The quantitative estimate of drug-likeness (QED) is 0.542. The van der Waals surface area contributed by atoms with E-state index in [0.717, 1.165) is 25.0 Å². The molecule has 3 aliphatic carbocycles. The van der Waals surface area contributed by atoms with Crippen LogP contribution < -0.4 is 0 Å². The summed E-state index contributed by atoms with van der Waals surface area (Å²) in [5, 5.41) is 0. The molecule has 23 heavy (non-hydrogen) atoms. The van der Waals surface area contributed by atoms with Gasteiger partial charge >= 0.3 is 0 Å². The van der Waals surface area contributed by atoms with E-state index in [4.69, 9.17) is 0 Å². The van der Waals surface area contributed by atoms with Gasteiger partial charge in [0.1, 0.15) is 12.6 Å². The molecule has 0 heterocycles. The van der Waals surface area contributed by atoms with E-state index in [1.54, 1.807) is 0 Å². The molecule has 6 atom stereocenters. The Morgan fingerprint density at radius 3 is 2.52 bits per heavy atom. The number of fused-ring (bicyclic) bond motifs is 3. The first-order chi connectivity index (χ1) is 11.0. The first kappa shape index (κ1) is 16.9. The predicted octanol–water partition coefficient (Wildman–Crippen LogP) is 4.97. The van der Waals surface area contributed by atoms with Crippen LogP contribution in [0.1, 0.15) is 72.1 Å². The lowest BCUT2D eigenvalue weighted by molar-refractivity contribution is -0.117. The maximum atomic E-state index is 11.5. The second-order valence-electron chi connectivity index (χ2n) is 8.78. The standard InChI is InChI=1S/C21H32O2/c1-4-11-20(2)15(10-13-22)5-7-17-18-8-6-16(14-23)21(18,3)12-9-19(17)20/h10,13-14,16-19H,4-9,11-12H2,1-3H3/b15-10-. The summed E-state index contributed by atoms with van der Waals surface area (Å²) in [7, 11) is 0. The zero-order chi connectivity index (χ0) is 16.7. The Morgan fingerprint density at radius 1 is 1.09 bits per heavy atom. The topological polar surface area (TPSA) is 34.1 Å². The van der Waals surface area contributed by atoms with E-state index in [9.17, 15) is 9.59 Å². The Kier molecular flexibility index (Phi) is 4.55. The van der Waals surface area contributed by atoms with E-state index in [1.807, 2.05) is 6.08 Å². The zero-order valence-corrected chi connectivity index (χ0v) is 15.0. The minimum absolute atomic E-state index is 0.194. The number of aldehydes is 2. The van der Waals surface area contributed by atoms with Gasteiger partial charge in [0.05, 0.1) is 0 Å². The molecule has 3 aliphatic rings. The molecule has 128 valence electrons. The van der Waals surface area contributed by atoms with Crippen LogP contribution >= 0.6 is 0 Å². The predicted molar refractivity (Wildman–Crippen MR) is 93.0 cm³/mol. The van der Waals surface area contributed by atoms with Crippen molar-refractivity contribution in [3.8, 4) is 0 Å². The van der Waals surface area contributed by atoms with E-state index < -0.39 is 0 Å². The fraction of sp³-hybridized carbons (Fsp3) is 0.810. The van der Waals surface area contributed by atoms with Crippen LogP contribution in [-0.2, 0) is 9.59 Å². The molecule has 0 aromatic rings. The molecule has 0 bridgehead atoms. The van der Waals surface area contributed by atoms with Crippen molar-refractivity contribution in [3.63, 3.8) is 0 Å². The van der Waals surface area contributed by atoms with E-state index in [-0.39, 0.29) is 16.7 Å². The summed E-state index contributed by atoms with van der Waals surface area (Å²) in [5.74, 6) is 2.44. The van der Waals surface area contributed by atoms with Gasteiger partial charge in [0.25, 0.3) is 0 Å². The maximum Gasteiger partial charge on any atom is 0.142 e. The Labute approximate surface area is 141 Å². The second kappa shape index (κ2) is 6.18. The summed E-state index contributed by atoms with van der Waals surface area (Å²) in [6.45, 7) is 7.06. The van der Waals surface area contributed by atoms with Crippen molar-refractivity contribution in [1.82, 2.24) is 0 Å². The number of allylic oxidation sites excluding steroid dienone is 2. The van der Waals surface area contributed by atoms with Crippen LogP contribution in [0.15, 0.2) is 11.6 Å². The van der Waals surface area contributed by atoms with E-state index >= 15 is 0 Å². The summed E-state index contributed by atoms with van der Waals surface area (Å²) in [4.78, 5) is 22.7. The van der Waals surface area contributed by atoms with Crippen LogP contribution in [0.2, 0.25) is 0 Å². The lowest BCUT2D eigenvalue weighted by Gasteiger charge is -2.57. The van der Waals surface area contributed by atoms with Crippen LogP contribution in [0, 0.1) is 34.5 Å².